The first-order valence-corrected chi connectivity index (χ1v) is 12.7. The number of aliphatic hydroxyl groups excluding tert-OH is 2. The molecule has 0 unspecified atom stereocenters. The number of fused-ring (bicyclic) bond motifs is 3. The molecule has 8 heteroatoms. The fraction of sp³-hybridized carbons (Fsp3) is 0.414. The highest BCUT2D eigenvalue weighted by atomic mass is 16.6. The number of aliphatic hydroxyl groups is 2. The van der Waals surface area contributed by atoms with Crippen LogP contribution in [0, 0.1) is 36.0 Å². The molecule has 1 heterocycles. The Morgan fingerprint density at radius 1 is 1.00 bits per heavy atom. The van der Waals surface area contributed by atoms with Crippen LogP contribution >= 0.6 is 0 Å². The molecule has 1 aliphatic heterocycles. The van der Waals surface area contributed by atoms with Gasteiger partial charge in [-0.3, -0.25) is 9.59 Å². The molecule has 2 amide bonds. The van der Waals surface area contributed by atoms with Gasteiger partial charge in [-0.25, -0.2) is 4.90 Å². The summed E-state index contributed by atoms with van der Waals surface area (Å²) in [5, 5.41) is 25.9. The Labute approximate surface area is 215 Å². The number of oxime groups is 1. The molecule has 0 bridgehead atoms. The summed E-state index contributed by atoms with van der Waals surface area (Å²) in [5.41, 5.74) is 1.05. The number of benzene rings is 2. The maximum absolute atomic E-state index is 13.7. The van der Waals surface area contributed by atoms with Crippen LogP contribution in [-0.2, 0) is 14.4 Å². The average Bonchev–Trinajstić information content (AvgIpc) is 3.16. The van der Waals surface area contributed by atoms with E-state index < -0.39 is 30.0 Å². The molecule has 6 atom stereocenters. The van der Waals surface area contributed by atoms with Crippen LogP contribution < -0.4 is 9.64 Å². The average molecular weight is 503 g/mol. The second kappa shape index (κ2) is 10.8. The highest BCUT2D eigenvalue weighted by molar-refractivity contribution is 6.22. The molecule has 2 N–H and O–H groups in total. The minimum atomic E-state index is -1.14. The van der Waals surface area contributed by atoms with Crippen LogP contribution in [0.15, 0.2) is 59.8 Å². The van der Waals surface area contributed by atoms with Crippen LogP contribution in [0.25, 0.3) is 0 Å². The summed E-state index contributed by atoms with van der Waals surface area (Å²) in [6.45, 7) is 0.350. The molecule has 8 nitrogen and oxygen atoms in total. The SMILES string of the molecule is C#CCCCO/N=C1\C[C@@H](O)[C@@H](O)[C@@H]2[C@@H]3C(=O)N(c4cccc(Oc5ccccc5)c4)C(=O)[C@@H]3CC[C@@H]12. The van der Waals surface area contributed by atoms with Gasteiger partial charge in [0.1, 0.15) is 18.1 Å². The number of unbranched alkanes of at least 4 members (excludes halogenated alkanes) is 1. The van der Waals surface area contributed by atoms with Crippen LogP contribution in [0.4, 0.5) is 5.69 Å². The van der Waals surface area contributed by atoms with Gasteiger partial charge in [0.2, 0.25) is 11.8 Å². The number of rotatable bonds is 7. The molecule has 192 valence electrons. The van der Waals surface area contributed by atoms with Crippen molar-refractivity contribution in [3.05, 3.63) is 54.6 Å². The van der Waals surface area contributed by atoms with Crippen molar-refractivity contribution in [2.24, 2.45) is 28.8 Å². The highest BCUT2D eigenvalue weighted by Gasteiger charge is 2.60. The Morgan fingerprint density at radius 2 is 1.76 bits per heavy atom. The van der Waals surface area contributed by atoms with Gasteiger partial charge in [0, 0.05) is 30.7 Å². The molecule has 2 aromatic carbocycles. The number of para-hydroxylation sites is 1. The number of imide groups is 1. The predicted octanol–water partition coefficient (Wildman–Crippen LogP) is 3.52. The zero-order valence-corrected chi connectivity index (χ0v) is 20.4. The smallest absolute Gasteiger partial charge is 0.238 e. The Balaban J connectivity index is 1.39. The number of carbonyl (C=O) groups excluding carboxylic acids is 2. The third-order valence-electron chi connectivity index (χ3n) is 7.57. The summed E-state index contributed by atoms with van der Waals surface area (Å²) in [4.78, 5) is 33.9. The Kier molecular flexibility index (Phi) is 7.26. The van der Waals surface area contributed by atoms with Gasteiger partial charge >= 0.3 is 0 Å². The standard InChI is InChI=1S/C29H30N2O6/c1-2-3-7-15-36-30-23-17-24(32)27(33)25-21(23)13-14-22-26(25)29(35)31(28(22)34)18-9-8-12-20(16-18)37-19-10-5-4-6-11-19/h1,4-6,8-12,16,21-22,24-27,32-33H,3,7,13-15,17H2/b30-23+/t21-,22+,24+,25-,26+,27+/m0/s1. The van der Waals surface area contributed by atoms with Crippen LogP contribution in [0.1, 0.15) is 32.1 Å². The van der Waals surface area contributed by atoms with Gasteiger partial charge in [-0.15, -0.1) is 12.3 Å². The quantitative estimate of drug-likeness (QED) is 0.260. The summed E-state index contributed by atoms with van der Waals surface area (Å²) >= 11 is 0. The molecule has 3 aliphatic rings. The monoisotopic (exact) mass is 502 g/mol. The van der Waals surface area contributed by atoms with E-state index in [-0.39, 0.29) is 24.2 Å². The van der Waals surface area contributed by atoms with Crippen molar-refractivity contribution in [3.8, 4) is 23.8 Å². The van der Waals surface area contributed by atoms with Gasteiger partial charge < -0.3 is 19.8 Å². The zero-order chi connectivity index (χ0) is 25.9. The van der Waals surface area contributed by atoms with Gasteiger partial charge in [-0.2, -0.15) is 0 Å². The van der Waals surface area contributed by atoms with Crippen molar-refractivity contribution in [2.45, 2.75) is 44.3 Å². The lowest BCUT2D eigenvalue weighted by atomic mass is 9.60. The number of carbonyl (C=O) groups is 2. The number of nitrogens with zero attached hydrogens (tertiary/aromatic N) is 2. The molecular weight excluding hydrogens is 472 g/mol. The molecule has 37 heavy (non-hydrogen) atoms. The van der Waals surface area contributed by atoms with E-state index >= 15 is 0 Å². The lowest BCUT2D eigenvalue weighted by Gasteiger charge is -2.45. The molecule has 1 saturated heterocycles. The number of ether oxygens (including phenoxy) is 1. The van der Waals surface area contributed by atoms with E-state index in [1.54, 1.807) is 24.3 Å². The molecule has 2 aromatic rings. The minimum absolute atomic E-state index is 0.166. The largest absolute Gasteiger partial charge is 0.457 e. The van der Waals surface area contributed by atoms with Crippen LogP contribution in [0.5, 0.6) is 11.5 Å². The van der Waals surface area contributed by atoms with Gasteiger partial charge in [0.25, 0.3) is 0 Å². The van der Waals surface area contributed by atoms with E-state index in [4.69, 9.17) is 16.0 Å². The number of hydrogen-bond acceptors (Lipinski definition) is 7. The summed E-state index contributed by atoms with van der Waals surface area (Å²) in [5.74, 6) is 0.839. The summed E-state index contributed by atoms with van der Waals surface area (Å²) in [7, 11) is 0. The topological polar surface area (TPSA) is 109 Å². The third-order valence-corrected chi connectivity index (χ3v) is 7.57. The molecule has 2 aliphatic carbocycles. The second-order valence-electron chi connectivity index (χ2n) is 9.80. The Bertz CT molecular complexity index is 1220. The first kappa shape index (κ1) is 25.0. The van der Waals surface area contributed by atoms with Crippen molar-refractivity contribution in [1.82, 2.24) is 0 Å². The first-order valence-electron chi connectivity index (χ1n) is 12.7. The Morgan fingerprint density at radius 3 is 2.54 bits per heavy atom. The van der Waals surface area contributed by atoms with Crippen molar-refractivity contribution < 1.29 is 29.4 Å². The van der Waals surface area contributed by atoms with E-state index in [9.17, 15) is 19.8 Å². The normalized spacial score (nSPS) is 30.0. The zero-order valence-electron chi connectivity index (χ0n) is 20.4. The second-order valence-corrected chi connectivity index (χ2v) is 9.80. The number of terminal acetylenes is 1. The number of amides is 2. The first-order chi connectivity index (χ1) is 18.0. The number of anilines is 1. The van der Waals surface area contributed by atoms with Crippen LogP contribution in [0.3, 0.4) is 0 Å². The molecule has 5 rings (SSSR count). The summed E-state index contributed by atoms with van der Waals surface area (Å²) in [6, 6.07) is 16.1. The maximum Gasteiger partial charge on any atom is 0.238 e. The molecule has 0 spiro atoms. The highest BCUT2D eigenvalue weighted by Crippen LogP contribution is 2.50. The molecule has 3 fully saturated rings. The van der Waals surface area contributed by atoms with Gasteiger partial charge in [0.15, 0.2) is 0 Å². The van der Waals surface area contributed by atoms with Crippen LogP contribution in [-0.4, -0.2) is 46.6 Å². The molecule has 0 radical (unpaired) electrons. The van der Waals surface area contributed by atoms with Crippen molar-refractivity contribution in [3.63, 3.8) is 0 Å². The van der Waals surface area contributed by atoms with E-state index in [0.717, 1.165) is 0 Å². The third kappa shape index (κ3) is 4.85. The Hall–Kier alpha value is -3.67. The molecular formula is C29H30N2O6. The van der Waals surface area contributed by atoms with Crippen molar-refractivity contribution >= 4 is 23.2 Å². The fourth-order valence-electron chi connectivity index (χ4n) is 5.91. The van der Waals surface area contributed by atoms with E-state index in [1.165, 1.54) is 4.90 Å². The van der Waals surface area contributed by atoms with Crippen molar-refractivity contribution in [1.29, 1.82) is 0 Å². The van der Waals surface area contributed by atoms with E-state index in [0.29, 0.717) is 55.2 Å². The lowest BCUT2D eigenvalue weighted by molar-refractivity contribution is -0.132. The summed E-state index contributed by atoms with van der Waals surface area (Å²) < 4.78 is 5.90. The fourth-order valence-corrected chi connectivity index (χ4v) is 5.91. The molecule has 0 aromatic heterocycles. The van der Waals surface area contributed by atoms with E-state index in [1.807, 2.05) is 30.3 Å². The lowest BCUT2D eigenvalue weighted by Crippen LogP contribution is -2.54. The number of hydrogen-bond donors (Lipinski definition) is 2. The van der Waals surface area contributed by atoms with Crippen molar-refractivity contribution in [2.75, 3.05) is 11.5 Å². The van der Waals surface area contributed by atoms with E-state index in [2.05, 4.69) is 11.1 Å². The van der Waals surface area contributed by atoms with Gasteiger partial charge in [-0.1, -0.05) is 29.4 Å². The summed E-state index contributed by atoms with van der Waals surface area (Å²) in [6.07, 6.45) is 5.51. The maximum atomic E-state index is 13.7. The van der Waals surface area contributed by atoms with Crippen LogP contribution in [0.2, 0.25) is 0 Å². The predicted molar refractivity (Wildman–Crippen MR) is 137 cm³/mol. The molecule has 2 saturated carbocycles. The minimum Gasteiger partial charge on any atom is -0.457 e. The van der Waals surface area contributed by atoms with Gasteiger partial charge in [-0.05, 0) is 43.5 Å². The van der Waals surface area contributed by atoms with Gasteiger partial charge in [0.05, 0.1) is 35.4 Å².